The van der Waals surface area contributed by atoms with E-state index in [1.807, 2.05) is 38.2 Å². The van der Waals surface area contributed by atoms with Crippen LogP contribution in [0.3, 0.4) is 0 Å². The maximum atomic E-state index is 11.4. The summed E-state index contributed by atoms with van der Waals surface area (Å²) in [6.45, 7) is 3.27. The summed E-state index contributed by atoms with van der Waals surface area (Å²) < 4.78 is 5.31. The number of hydrogen-bond acceptors (Lipinski definition) is 3. The van der Waals surface area contributed by atoms with Crippen LogP contribution < -0.4 is 15.4 Å². The van der Waals surface area contributed by atoms with Crippen molar-refractivity contribution in [1.29, 1.82) is 0 Å². The second-order valence-corrected chi connectivity index (χ2v) is 3.36. The van der Waals surface area contributed by atoms with Gasteiger partial charge in [-0.3, -0.25) is 4.79 Å². The highest BCUT2D eigenvalue weighted by molar-refractivity contribution is 5.90. The second kappa shape index (κ2) is 8.84. The molecule has 1 aromatic carbocycles. The minimum absolute atomic E-state index is 0. The summed E-state index contributed by atoms with van der Waals surface area (Å²) in [4.78, 5) is 11.4. The zero-order valence-corrected chi connectivity index (χ0v) is 11.0. The molecule has 2 N–H and O–H groups in total. The topological polar surface area (TPSA) is 50.4 Å². The summed E-state index contributed by atoms with van der Waals surface area (Å²) in [5.74, 6) is 0.828. The van der Waals surface area contributed by atoms with Gasteiger partial charge in [-0.1, -0.05) is 0 Å². The lowest BCUT2D eigenvalue weighted by molar-refractivity contribution is -0.116. The van der Waals surface area contributed by atoms with Crippen molar-refractivity contribution in [3.8, 4) is 5.75 Å². The van der Waals surface area contributed by atoms with Crippen molar-refractivity contribution in [3.63, 3.8) is 0 Å². The van der Waals surface area contributed by atoms with Gasteiger partial charge in [0.25, 0.3) is 0 Å². The third-order valence-corrected chi connectivity index (χ3v) is 2.05. The SMILES string of the molecule is CCOc1ccc(NC(=O)CCNC)cc1.Cl. The monoisotopic (exact) mass is 258 g/mol. The number of rotatable bonds is 6. The van der Waals surface area contributed by atoms with Gasteiger partial charge in [0.15, 0.2) is 0 Å². The van der Waals surface area contributed by atoms with Gasteiger partial charge < -0.3 is 15.4 Å². The Hall–Kier alpha value is -1.26. The van der Waals surface area contributed by atoms with Crippen LogP contribution in [-0.4, -0.2) is 26.1 Å². The molecule has 0 heterocycles. The van der Waals surface area contributed by atoms with Crippen molar-refractivity contribution >= 4 is 24.0 Å². The van der Waals surface area contributed by atoms with Crippen LogP contribution in [0.5, 0.6) is 5.75 Å². The summed E-state index contributed by atoms with van der Waals surface area (Å²) in [6, 6.07) is 7.36. The van der Waals surface area contributed by atoms with Crippen LogP contribution in [0.1, 0.15) is 13.3 Å². The summed E-state index contributed by atoms with van der Waals surface area (Å²) in [7, 11) is 1.82. The molecule has 0 bridgehead atoms. The number of amides is 1. The van der Waals surface area contributed by atoms with Crippen molar-refractivity contribution in [1.82, 2.24) is 5.32 Å². The zero-order chi connectivity index (χ0) is 11.8. The zero-order valence-electron chi connectivity index (χ0n) is 10.2. The van der Waals surface area contributed by atoms with E-state index < -0.39 is 0 Å². The average molecular weight is 259 g/mol. The van der Waals surface area contributed by atoms with Crippen LogP contribution in [0.25, 0.3) is 0 Å². The Bertz CT molecular complexity index is 328. The van der Waals surface area contributed by atoms with Gasteiger partial charge in [0.2, 0.25) is 5.91 Å². The van der Waals surface area contributed by atoms with E-state index in [1.54, 1.807) is 0 Å². The largest absolute Gasteiger partial charge is 0.494 e. The Morgan fingerprint density at radius 1 is 1.29 bits per heavy atom. The molecule has 4 nitrogen and oxygen atoms in total. The lowest BCUT2D eigenvalue weighted by Gasteiger charge is -2.06. The highest BCUT2D eigenvalue weighted by Crippen LogP contribution is 2.15. The van der Waals surface area contributed by atoms with Crippen LogP contribution in [-0.2, 0) is 4.79 Å². The number of nitrogens with one attached hydrogen (secondary N) is 2. The molecule has 0 saturated heterocycles. The number of carbonyl (C=O) groups is 1. The standard InChI is InChI=1S/C12H18N2O2.ClH/c1-3-16-11-6-4-10(5-7-11)14-12(15)8-9-13-2;/h4-7,13H,3,8-9H2,1-2H3,(H,14,15);1H. The smallest absolute Gasteiger partial charge is 0.225 e. The normalized spacial score (nSPS) is 9.29. The average Bonchev–Trinajstić information content (AvgIpc) is 2.29. The van der Waals surface area contributed by atoms with E-state index in [9.17, 15) is 4.79 Å². The minimum Gasteiger partial charge on any atom is -0.494 e. The molecule has 0 unspecified atom stereocenters. The number of benzene rings is 1. The molecule has 0 aliphatic rings. The predicted molar refractivity (Wildman–Crippen MR) is 72.0 cm³/mol. The van der Waals surface area contributed by atoms with Gasteiger partial charge in [-0.25, -0.2) is 0 Å². The molecule has 0 fully saturated rings. The Morgan fingerprint density at radius 3 is 2.47 bits per heavy atom. The molecule has 17 heavy (non-hydrogen) atoms. The molecular weight excluding hydrogens is 240 g/mol. The van der Waals surface area contributed by atoms with Crippen LogP contribution >= 0.6 is 12.4 Å². The highest BCUT2D eigenvalue weighted by Gasteiger charge is 2.01. The molecule has 1 aromatic rings. The van der Waals surface area contributed by atoms with Crippen LogP contribution in [0, 0.1) is 0 Å². The number of anilines is 1. The molecule has 1 amide bonds. The molecule has 0 saturated carbocycles. The van der Waals surface area contributed by atoms with Gasteiger partial charge in [-0.05, 0) is 38.2 Å². The fourth-order valence-corrected chi connectivity index (χ4v) is 1.26. The fraction of sp³-hybridized carbons (Fsp3) is 0.417. The molecule has 1 rings (SSSR count). The number of ether oxygens (including phenoxy) is 1. The van der Waals surface area contributed by atoms with Gasteiger partial charge in [0.1, 0.15) is 5.75 Å². The van der Waals surface area contributed by atoms with Gasteiger partial charge in [-0.15, -0.1) is 12.4 Å². The maximum Gasteiger partial charge on any atom is 0.225 e. The van der Waals surface area contributed by atoms with Crippen molar-refractivity contribution in [2.45, 2.75) is 13.3 Å². The molecule has 0 atom stereocenters. The van der Waals surface area contributed by atoms with E-state index in [0.717, 1.165) is 11.4 Å². The van der Waals surface area contributed by atoms with E-state index >= 15 is 0 Å². The first-order valence-electron chi connectivity index (χ1n) is 5.43. The summed E-state index contributed by atoms with van der Waals surface area (Å²) in [6.07, 6.45) is 0.476. The Balaban J connectivity index is 0.00000256. The number of halogens is 1. The van der Waals surface area contributed by atoms with Crippen LogP contribution in [0.4, 0.5) is 5.69 Å². The molecule has 0 spiro atoms. The van der Waals surface area contributed by atoms with E-state index in [4.69, 9.17) is 4.74 Å². The Labute approximate surface area is 108 Å². The summed E-state index contributed by atoms with van der Waals surface area (Å²) in [5, 5.41) is 5.74. The van der Waals surface area contributed by atoms with E-state index in [1.165, 1.54) is 0 Å². The first-order valence-corrected chi connectivity index (χ1v) is 5.43. The van der Waals surface area contributed by atoms with Crippen LogP contribution in [0.15, 0.2) is 24.3 Å². The number of hydrogen-bond donors (Lipinski definition) is 2. The van der Waals surface area contributed by atoms with Crippen molar-refractivity contribution in [3.05, 3.63) is 24.3 Å². The molecule has 0 aliphatic heterocycles. The van der Waals surface area contributed by atoms with E-state index in [0.29, 0.717) is 19.6 Å². The lowest BCUT2D eigenvalue weighted by atomic mass is 10.3. The molecular formula is C12H19ClN2O2. The van der Waals surface area contributed by atoms with Crippen molar-refractivity contribution in [2.75, 3.05) is 25.5 Å². The van der Waals surface area contributed by atoms with E-state index in [-0.39, 0.29) is 18.3 Å². The second-order valence-electron chi connectivity index (χ2n) is 3.36. The van der Waals surface area contributed by atoms with Gasteiger partial charge in [0, 0.05) is 18.7 Å². The van der Waals surface area contributed by atoms with Crippen molar-refractivity contribution in [2.24, 2.45) is 0 Å². The summed E-state index contributed by atoms with van der Waals surface area (Å²) in [5.41, 5.74) is 0.796. The van der Waals surface area contributed by atoms with E-state index in [2.05, 4.69) is 10.6 Å². The first kappa shape index (κ1) is 15.7. The van der Waals surface area contributed by atoms with Gasteiger partial charge in [-0.2, -0.15) is 0 Å². The Kier molecular flexibility index (Phi) is 8.19. The minimum atomic E-state index is 0. The van der Waals surface area contributed by atoms with Crippen LogP contribution in [0.2, 0.25) is 0 Å². The third kappa shape index (κ3) is 6.14. The fourth-order valence-electron chi connectivity index (χ4n) is 1.26. The predicted octanol–water partition coefficient (Wildman–Crippen LogP) is 2.06. The lowest BCUT2D eigenvalue weighted by Crippen LogP contribution is -2.18. The highest BCUT2D eigenvalue weighted by atomic mass is 35.5. The third-order valence-electron chi connectivity index (χ3n) is 2.05. The first-order chi connectivity index (χ1) is 7.76. The molecule has 0 aliphatic carbocycles. The Morgan fingerprint density at radius 2 is 1.94 bits per heavy atom. The van der Waals surface area contributed by atoms with Gasteiger partial charge in [0.05, 0.1) is 6.61 Å². The molecule has 0 aromatic heterocycles. The molecule has 96 valence electrons. The van der Waals surface area contributed by atoms with Gasteiger partial charge >= 0.3 is 0 Å². The molecule has 5 heteroatoms. The number of carbonyl (C=O) groups excluding carboxylic acids is 1. The maximum absolute atomic E-state index is 11.4. The summed E-state index contributed by atoms with van der Waals surface area (Å²) >= 11 is 0. The van der Waals surface area contributed by atoms with Crippen molar-refractivity contribution < 1.29 is 9.53 Å². The molecule has 0 radical (unpaired) electrons. The quantitative estimate of drug-likeness (QED) is 0.821.